The first kappa shape index (κ1) is 18.3. The van der Waals surface area contributed by atoms with Crippen molar-refractivity contribution in [1.29, 1.82) is 0 Å². The van der Waals surface area contributed by atoms with Gasteiger partial charge in [-0.05, 0) is 18.1 Å². The smallest absolute Gasteiger partial charge is 0.304 e. The summed E-state index contributed by atoms with van der Waals surface area (Å²) in [5.74, 6) is 2.45. The zero-order valence-corrected chi connectivity index (χ0v) is 15.3. The van der Waals surface area contributed by atoms with Gasteiger partial charge in [0.2, 0.25) is 5.91 Å². The Balaban J connectivity index is 1.57. The molecule has 0 aliphatic carbocycles. The fourth-order valence-electron chi connectivity index (χ4n) is 2.20. The molecule has 0 bridgehead atoms. The molecule has 1 fully saturated rings. The molecule has 1 saturated heterocycles. The number of aromatic nitrogens is 2. The average molecular weight is 392 g/mol. The summed E-state index contributed by atoms with van der Waals surface area (Å²) in [5.41, 5.74) is 1.08. The Bertz CT molecular complexity index is 932. The van der Waals surface area contributed by atoms with E-state index in [4.69, 9.17) is 4.74 Å². The Hall–Kier alpha value is -2.48. The molecule has 1 aliphatic rings. The highest BCUT2D eigenvalue weighted by Crippen LogP contribution is 2.17. The van der Waals surface area contributed by atoms with Crippen LogP contribution in [0.4, 0.5) is 5.13 Å². The summed E-state index contributed by atoms with van der Waals surface area (Å²) in [7, 11) is -3.85. The van der Waals surface area contributed by atoms with Crippen molar-refractivity contribution in [1.82, 2.24) is 14.9 Å². The summed E-state index contributed by atoms with van der Waals surface area (Å²) in [6, 6.07) is 5.07. The van der Waals surface area contributed by atoms with Crippen molar-refractivity contribution in [3.05, 3.63) is 41.2 Å². The maximum Gasteiger partial charge on any atom is 0.304 e. The van der Waals surface area contributed by atoms with Crippen molar-refractivity contribution in [2.45, 2.75) is 6.42 Å². The van der Waals surface area contributed by atoms with Gasteiger partial charge in [-0.3, -0.25) is 4.79 Å². The summed E-state index contributed by atoms with van der Waals surface area (Å²) in [5, 5.41) is 4.17. The number of hydrogen-bond acceptors (Lipinski definition) is 7. The number of thiazole rings is 1. The molecule has 3 heterocycles. The molecule has 0 spiro atoms. The molecule has 1 amide bonds. The predicted molar refractivity (Wildman–Crippen MR) is 96.9 cm³/mol. The highest BCUT2D eigenvalue weighted by atomic mass is 32.2. The molecule has 0 unspecified atom stereocenters. The second-order valence-corrected chi connectivity index (χ2v) is 7.65. The third-order valence-corrected chi connectivity index (χ3v) is 5.24. The minimum Gasteiger partial charge on any atom is -0.370 e. The van der Waals surface area contributed by atoms with Crippen molar-refractivity contribution in [3.63, 3.8) is 0 Å². The largest absolute Gasteiger partial charge is 0.370 e. The maximum atomic E-state index is 12.0. The molecule has 1 aliphatic heterocycles. The third kappa shape index (κ3) is 5.26. The number of hydrogen-bond donors (Lipinski definition) is 1. The van der Waals surface area contributed by atoms with Crippen LogP contribution in [-0.2, 0) is 26.0 Å². The molecule has 0 atom stereocenters. The molecule has 26 heavy (non-hydrogen) atoms. The Labute approximate surface area is 155 Å². The van der Waals surface area contributed by atoms with Gasteiger partial charge in [-0.15, -0.1) is 11.3 Å². The summed E-state index contributed by atoms with van der Waals surface area (Å²) in [6.07, 6.45) is 2.08. The van der Waals surface area contributed by atoms with Crippen molar-refractivity contribution in [2.75, 3.05) is 31.0 Å². The molecule has 1 N–H and O–H groups in total. The van der Waals surface area contributed by atoms with Crippen LogP contribution in [0.1, 0.15) is 11.4 Å². The number of rotatable bonds is 5. The van der Waals surface area contributed by atoms with Gasteiger partial charge >= 0.3 is 10.0 Å². The molecular weight excluding hydrogens is 376 g/mol. The number of sulfonamides is 1. The van der Waals surface area contributed by atoms with E-state index in [2.05, 4.69) is 25.9 Å². The average Bonchev–Trinajstić information content (AvgIpc) is 3.07. The number of amides is 1. The number of anilines is 1. The Morgan fingerprint density at radius 1 is 1.38 bits per heavy atom. The van der Waals surface area contributed by atoms with Crippen LogP contribution in [0.25, 0.3) is 0 Å². The summed E-state index contributed by atoms with van der Waals surface area (Å²) >= 11 is 1.17. The molecule has 136 valence electrons. The quantitative estimate of drug-likeness (QED) is 0.752. The normalized spacial score (nSPS) is 14.6. The molecule has 0 saturated carbocycles. The minimum atomic E-state index is -3.85. The molecule has 8 nitrogen and oxygen atoms in total. The van der Waals surface area contributed by atoms with Crippen molar-refractivity contribution < 1.29 is 17.9 Å². The van der Waals surface area contributed by atoms with Gasteiger partial charge in [0.1, 0.15) is 12.3 Å². The van der Waals surface area contributed by atoms with Crippen LogP contribution in [-0.4, -0.2) is 55.5 Å². The van der Waals surface area contributed by atoms with E-state index >= 15 is 0 Å². The van der Waals surface area contributed by atoms with Gasteiger partial charge < -0.3 is 9.64 Å². The molecular formula is C16H16N4O4S2. The Kier molecular flexibility index (Phi) is 5.82. The number of nitrogens with one attached hydrogen (secondary N) is 1. The molecule has 0 aromatic carbocycles. The van der Waals surface area contributed by atoms with Gasteiger partial charge in [0, 0.05) is 31.1 Å². The van der Waals surface area contributed by atoms with E-state index in [1.54, 1.807) is 28.5 Å². The van der Waals surface area contributed by atoms with Crippen LogP contribution >= 0.6 is 11.3 Å². The topological polar surface area (TPSA) is 101 Å². The lowest BCUT2D eigenvalue weighted by Gasteiger charge is -2.26. The monoisotopic (exact) mass is 392 g/mol. The zero-order chi connectivity index (χ0) is 18.4. The second kappa shape index (κ2) is 8.27. The van der Waals surface area contributed by atoms with Crippen LogP contribution in [0, 0.1) is 11.2 Å². The van der Waals surface area contributed by atoms with E-state index in [0.717, 1.165) is 0 Å². The van der Waals surface area contributed by atoms with Gasteiger partial charge in [-0.2, -0.15) is 8.42 Å². The Morgan fingerprint density at radius 3 is 3.04 bits per heavy atom. The van der Waals surface area contributed by atoms with Crippen molar-refractivity contribution in [3.8, 4) is 11.2 Å². The first-order valence-corrected chi connectivity index (χ1v) is 10.1. The number of nitrogens with zero attached hydrogens (tertiary/aromatic N) is 3. The van der Waals surface area contributed by atoms with E-state index in [-0.39, 0.29) is 17.6 Å². The summed E-state index contributed by atoms with van der Waals surface area (Å²) < 4.78 is 31.4. The van der Waals surface area contributed by atoms with Crippen LogP contribution < -0.4 is 4.72 Å². The standard InChI is InChI=1S/C16H16N4O4S2/c21-15-11-24-9-8-20(15)7-4-14-12-25-16(18-14)19-26(22,23)10-5-13-3-1-2-6-17-13/h1-3,6,12H,4,7-9,11H2,(H,18,19). The van der Waals surface area contributed by atoms with Crippen molar-refractivity contribution >= 4 is 32.4 Å². The number of morpholine rings is 1. The molecule has 3 rings (SSSR count). The fourth-order valence-corrected chi connectivity index (χ4v) is 3.88. The lowest BCUT2D eigenvalue weighted by molar-refractivity contribution is -0.142. The van der Waals surface area contributed by atoms with Crippen LogP contribution in [0.2, 0.25) is 0 Å². The van der Waals surface area contributed by atoms with Gasteiger partial charge in [0.05, 0.1) is 17.6 Å². The Morgan fingerprint density at radius 2 is 2.27 bits per heavy atom. The lowest BCUT2D eigenvalue weighted by atomic mass is 10.3. The van der Waals surface area contributed by atoms with Crippen LogP contribution in [0.3, 0.4) is 0 Å². The van der Waals surface area contributed by atoms with Gasteiger partial charge in [0.25, 0.3) is 0 Å². The first-order chi connectivity index (χ1) is 12.5. The number of carbonyl (C=O) groups is 1. The van der Waals surface area contributed by atoms with E-state index in [0.29, 0.717) is 37.5 Å². The van der Waals surface area contributed by atoms with Gasteiger partial charge in [0.15, 0.2) is 5.13 Å². The highest BCUT2D eigenvalue weighted by molar-refractivity contribution is 7.97. The predicted octanol–water partition coefficient (Wildman–Crippen LogP) is 0.690. The highest BCUT2D eigenvalue weighted by Gasteiger charge is 2.18. The van der Waals surface area contributed by atoms with E-state index < -0.39 is 10.0 Å². The van der Waals surface area contributed by atoms with E-state index in [9.17, 15) is 13.2 Å². The SMILES string of the molecule is O=C1COCCN1CCc1csc(NS(=O)(=O)C#Cc2ccccn2)n1. The van der Waals surface area contributed by atoms with Crippen molar-refractivity contribution in [2.24, 2.45) is 0 Å². The van der Waals surface area contributed by atoms with E-state index in [1.165, 1.54) is 17.5 Å². The minimum absolute atomic E-state index is 0.0443. The van der Waals surface area contributed by atoms with Crippen LogP contribution in [0.15, 0.2) is 29.8 Å². The van der Waals surface area contributed by atoms with Gasteiger partial charge in [-0.25, -0.2) is 14.7 Å². The van der Waals surface area contributed by atoms with E-state index in [1.807, 2.05) is 0 Å². The second-order valence-electron chi connectivity index (χ2n) is 5.37. The molecule has 0 radical (unpaired) electrons. The van der Waals surface area contributed by atoms with Gasteiger partial charge in [-0.1, -0.05) is 6.07 Å². The first-order valence-electron chi connectivity index (χ1n) is 7.78. The third-order valence-electron chi connectivity index (χ3n) is 3.47. The molecule has 2 aromatic rings. The van der Waals surface area contributed by atoms with Crippen LogP contribution in [0.5, 0.6) is 0 Å². The lowest BCUT2D eigenvalue weighted by Crippen LogP contribution is -2.42. The number of carbonyl (C=O) groups excluding carboxylic acids is 1. The zero-order valence-electron chi connectivity index (χ0n) is 13.7. The number of pyridine rings is 1. The molecule has 2 aromatic heterocycles. The summed E-state index contributed by atoms with van der Waals surface area (Å²) in [6.45, 7) is 1.73. The fraction of sp³-hybridized carbons (Fsp3) is 0.312. The summed E-state index contributed by atoms with van der Waals surface area (Å²) in [4.78, 5) is 21.6. The molecule has 10 heteroatoms. The number of ether oxygens (including phenoxy) is 1. The maximum absolute atomic E-state index is 12.0.